The zero-order chi connectivity index (χ0) is 16.6. The van der Waals surface area contributed by atoms with Gasteiger partial charge in [0.25, 0.3) is 10.0 Å². The van der Waals surface area contributed by atoms with Crippen molar-refractivity contribution in [2.24, 2.45) is 0 Å². The standard InChI is InChI=1S/C15H13ClN2O3S2/c1-9-3-5-10(6-4-9)23(19,20)18-15-17-13-12(21-2)8-7-11(16)14(13)22-15/h3-8H,1-2H3,(H,17,18). The third kappa shape index (κ3) is 3.12. The molecule has 0 atom stereocenters. The summed E-state index contributed by atoms with van der Waals surface area (Å²) in [6, 6.07) is 9.98. The summed E-state index contributed by atoms with van der Waals surface area (Å²) in [5, 5.41) is 0.742. The van der Waals surface area contributed by atoms with E-state index in [0.29, 0.717) is 21.0 Å². The molecule has 0 aliphatic rings. The van der Waals surface area contributed by atoms with Gasteiger partial charge in [-0.25, -0.2) is 13.4 Å². The Hall–Kier alpha value is -1.83. The van der Waals surface area contributed by atoms with E-state index in [1.165, 1.54) is 7.11 Å². The van der Waals surface area contributed by atoms with Gasteiger partial charge in [0.2, 0.25) is 0 Å². The Bertz CT molecular complexity index is 966. The van der Waals surface area contributed by atoms with Crippen molar-refractivity contribution in [3.05, 3.63) is 47.0 Å². The van der Waals surface area contributed by atoms with Gasteiger partial charge in [0.05, 0.1) is 21.7 Å². The Morgan fingerprint density at radius 3 is 2.52 bits per heavy atom. The van der Waals surface area contributed by atoms with Crippen LogP contribution >= 0.6 is 22.9 Å². The quantitative estimate of drug-likeness (QED) is 0.753. The fourth-order valence-electron chi connectivity index (χ4n) is 2.05. The molecule has 0 saturated heterocycles. The molecule has 1 aromatic heterocycles. The van der Waals surface area contributed by atoms with Crippen LogP contribution in [0.15, 0.2) is 41.3 Å². The third-order valence-electron chi connectivity index (χ3n) is 3.23. The number of nitrogens with one attached hydrogen (secondary N) is 1. The minimum absolute atomic E-state index is 0.181. The third-order valence-corrected chi connectivity index (χ3v) is 6.15. The molecular formula is C15H13ClN2O3S2. The van der Waals surface area contributed by atoms with Gasteiger partial charge < -0.3 is 4.74 Å². The van der Waals surface area contributed by atoms with Crippen molar-refractivity contribution in [1.29, 1.82) is 0 Å². The van der Waals surface area contributed by atoms with Crippen LogP contribution in [0.5, 0.6) is 5.75 Å². The number of sulfonamides is 1. The fraction of sp³-hybridized carbons (Fsp3) is 0.133. The molecule has 8 heteroatoms. The van der Waals surface area contributed by atoms with E-state index in [0.717, 1.165) is 16.9 Å². The van der Waals surface area contributed by atoms with E-state index in [9.17, 15) is 8.42 Å². The second kappa shape index (κ2) is 5.99. The van der Waals surface area contributed by atoms with E-state index < -0.39 is 10.0 Å². The lowest BCUT2D eigenvalue weighted by atomic mass is 10.2. The molecular weight excluding hydrogens is 356 g/mol. The number of thiazole rings is 1. The van der Waals surface area contributed by atoms with Crippen molar-refractivity contribution < 1.29 is 13.2 Å². The first-order valence-corrected chi connectivity index (χ1v) is 9.31. The number of hydrogen-bond donors (Lipinski definition) is 1. The number of anilines is 1. The topological polar surface area (TPSA) is 68.3 Å². The van der Waals surface area contributed by atoms with Crippen molar-refractivity contribution in [2.75, 3.05) is 11.8 Å². The highest BCUT2D eigenvalue weighted by atomic mass is 35.5. The Balaban J connectivity index is 2.01. The van der Waals surface area contributed by atoms with Gasteiger partial charge >= 0.3 is 0 Å². The first-order chi connectivity index (χ1) is 10.9. The SMILES string of the molecule is COc1ccc(Cl)c2sc(NS(=O)(=O)c3ccc(C)cc3)nc12. The Labute approximate surface area is 142 Å². The van der Waals surface area contributed by atoms with Crippen LogP contribution in [0.1, 0.15) is 5.56 Å². The van der Waals surface area contributed by atoms with Gasteiger partial charge in [-0.1, -0.05) is 40.6 Å². The van der Waals surface area contributed by atoms with Crippen LogP contribution in [0.3, 0.4) is 0 Å². The Morgan fingerprint density at radius 1 is 1.17 bits per heavy atom. The lowest BCUT2D eigenvalue weighted by molar-refractivity contribution is 0.419. The van der Waals surface area contributed by atoms with Crippen LogP contribution in [0.25, 0.3) is 10.2 Å². The minimum atomic E-state index is -3.70. The Kier molecular flexibility index (Phi) is 4.18. The van der Waals surface area contributed by atoms with Crippen LogP contribution in [0.4, 0.5) is 5.13 Å². The van der Waals surface area contributed by atoms with E-state index in [4.69, 9.17) is 16.3 Å². The summed E-state index contributed by atoms with van der Waals surface area (Å²) in [6.07, 6.45) is 0. The molecule has 0 unspecified atom stereocenters. The van der Waals surface area contributed by atoms with Gasteiger partial charge in [0.15, 0.2) is 5.13 Å². The van der Waals surface area contributed by atoms with Gasteiger partial charge in [-0.3, -0.25) is 4.72 Å². The second-order valence-electron chi connectivity index (χ2n) is 4.86. The first kappa shape index (κ1) is 16.0. The minimum Gasteiger partial charge on any atom is -0.494 e. The maximum atomic E-state index is 12.4. The number of methoxy groups -OCH3 is 1. The Morgan fingerprint density at radius 2 is 1.87 bits per heavy atom. The smallest absolute Gasteiger partial charge is 0.263 e. The normalized spacial score (nSPS) is 11.6. The molecule has 120 valence electrons. The zero-order valence-electron chi connectivity index (χ0n) is 12.3. The monoisotopic (exact) mass is 368 g/mol. The second-order valence-corrected chi connectivity index (χ2v) is 7.95. The van der Waals surface area contributed by atoms with Gasteiger partial charge in [0.1, 0.15) is 11.3 Å². The molecule has 23 heavy (non-hydrogen) atoms. The number of ether oxygens (including phenoxy) is 1. The van der Waals surface area contributed by atoms with Crippen molar-refractivity contribution in [2.45, 2.75) is 11.8 Å². The predicted molar refractivity (Wildman–Crippen MR) is 93.2 cm³/mol. The summed E-state index contributed by atoms with van der Waals surface area (Å²) in [5.41, 5.74) is 1.52. The number of fused-ring (bicyclic) bond motifs is 1. The maximum absolute atomic E-state index is 12.4. The number of aromatic nitrogens is 1. The van der Waals surface area contributed by atoms with Crippen molar-refractivity contribution in [3.63, 3.8) is 0 Å². The largest absolute Gasteiger partial charge is 0.494 e. The molecule has 3 rings (SSSR count). The van der Waals surface area contributed by atoms with Gasteiger partial charge in [-0.15, -0.1) is 0 Å². The summed E-state index contributed by atoms with van der Waals surface area (Å²) in [7, 11) is -2.17. The van der Waals surface area contributed by atoms with Crippen LogP contribution in [0, 0.1) is 6.92 Å². The molecule has 5 nitrogen and oxygen atoms in total. The van der Waals surface area contributed by atoms with E-state index >= 15 is 0 Å². The molecule has 3 aromatic rings. The predicted octanol–water partition coefficient (Wildman–Crippen LogP) is 4.07. The molecule has 0 aliphatic heterocycles. The lowest BCUT2D eigenvalue weighted by Crippen LogP contribution is -2.12. The number of rotatable bonds is 4. The lowest BCUT2D eigenvalue weighted by Gasteiger charge is -2.05. The van der Waals surface area contributed by atoms with E-state index in [1.54, 1.807) is 36.4 Å². The van der Waals surface area contributed by atoms with Gasteiger partial charge in [0, 0.05) is 0 Å². The highest BCUT2D eigenvalue weighted by Crippen LogP contribution is 2.37. The summed E-state index contributed by atoms with van der Waals surface area (Å²) >= 11 is 7.31. The van der Waals surface area contributed by atoms with E-state index in [2.05, 4.69) is 9.71 Å². The van der Waals surface area contributed by atoms with Crippen LogP contribution in [-0.4, -0.2) is 20.5 Å². The number of benzene rings is 2. The summed E-state index contributed by atoms with van der Waals surface area (Å²) in [5.74, 6) is 0.543. The van der Waals surface area contributed by atoms with Gasteiger partial charge in [-0.05, 0) is 31.2 Å². The summed E-state index contributed by atoms with van der Waals surface area (Å²) in [4.78, 5) is 4.47. The number of hydrogen-bond acceptors (Lipinski definition) is 5. The van der Waals surface area contributed by atoms with Crippen LogP contribution in [0.2, 0.25) is 5.02 Å². The molecule has 1 N–H and O–H groups in total. The summed E-state index contributed by atoms with van der Waals surface area (Å²) < 4.78 is 33.2. The first-order valence-electron chi connectivity index (χ1n) is 6.63. The molecule has 1 heterocycles. The molecule has 0 radical (unpaired) electrons. The molecule has 0 aliphatic carbocycles. The number of nitrogens with zero attached hydrogens (tertiary/aromatic N) is 1. The van der Waals surface area contributed by atoms with Crippen molar-refractivity contribution in [1.82, 2.24) is 4.98 Å². The zero-order valence-corrected chi connectivity index (χ0v) is 14.7. The number of aryl methyl sites for hydroxylation is 1. The fourth-order valence-corrected chi connectivity index (χ4v) is 4.44. The van der Waals surface area contributed by atoms with E-state index in [-0.39, 0.29) is 10.0 Å². The van der Waals surface area contributed by atoms with Gasteiger partial charge in [-0.2, -0.15) is 0 Å². The van der Waals surface area contributed by atoms with Crippen molar-refractivity contribution >= 4 is 48.3 Å². The molecule has 0 bridgehead atoms. The van der Waals surface area contributed by atoms with E-state index in [1.807, 2.05) is 6.92 Å². The molecule has 0 spiro atoms. The molecule has 2 aromatic carbocycles. The average Bonchev–Trinajstić information content (AvgIpc) is 2.92. The maximum Gasteiger partial charge on any atom is 0.263 e. The molecule has 0 fully saturated rings. The highest BCUT2D eigenvalue weighted by molar-refractivity contribution is 7.93. The number of halogens is 1. The summed E-state index contributed by atoms with van der Waals surface area (Å²) in [6.45, 7) is 1.89. The molecule has 0 amide bonds. The van der Waals surface area contributed by atoms with Crippen LogP contribution in [-0.2, 0) is 10.0 Å². The molecule has 0 saturated carbocycles. The average molecular weight is 369 g/mol. The van der Waals surface area contributed by atoms with Crippen LogP contribution < -0.4 is 9.46 Å². The van der Waals surface area contributed by atoms with Crippen molar-refractivity contribution in [3.8, 4) is 5.75 Å². The highest BCUT2D eigenvalue weighted by Gasteiger charge is 2.18.